The molecular formula is C46H80N8O5S. The third kappa shape index (κ3) is 21.5. The number of carboxylic acids is 2. The van der Waals surface area contributed by atoms with Gasteiger partial charge in [-0.1, -0.05) is 105 Å². The van der Waals surface area contributed by atoms with Gasteiger partial charge in [-0.15, -0.1) is 11.8 Å². The van der Waals surface area contributed by atoms with Gasteiger partial charge < -0.3 is 41.6 Å². The van der Waals surface area contributed by atoms with Gasteiger partial charge >= 0.3 is 11.9 Å². The van der Waals surface area contributed by atoms with Crippen LogP contribution in [0.15, 0.2) is 47.7 Å². The number of rotatable bonds is 26. The Hall–Kier alpha value is -3.98. The molecule has 0 spiro atoms. The van der Waals surface area contributed by atoms with Crippen molar-refractivity contribution in [2.24, 2.45) is 16.5 Å². The first kappa shape index (κ1) is 54.0. The minimum atomic E-state index is -1.11. The molecule has 2 heterocycles. The fourth-order valence-corrected chi connectivity index (χ4v) is 7.13. The number of nitrogens with two attached hydrogens (primary N) is 2. The number of aromatic nitrogens is 1. The number of methoxy groups -OCH3 is 1. The van der Waals surface area contributed by atoms with Gasteiger partial charge in [0, 0.05) is 82.0 Å². The lowest BCUT2D eigenvalue weighted by Crippen LogP contribution is -2.47. The first-order valence-corrected chi connectivity index (χ1v) is 23.1. The summed E-state index contributed by atoms with van der Waals surface area (Å²) in [7, 11) is 1.71. The number of carboxylic acid groups (broad SMARTS) is 2. The number of carbonyl (C=O) groups is 2. The van der Waals surface area contributed by atoms with E-state index in [9.17, 15) is 14.7 Å². The smallest absolute Gasteiger partial charge is 0.321 e. The number of amidine groups is 1. The van der Waals surface area contributed by atoms with Crippen molar-refractivity contribution in [2.75, 3.05) is 58.7 Å². The van der Waals surface area contributed by atoms with E-state index in [2.05, 4.69) is 97.9 Å². The predicted octanol–water partition coefficient (Wildman–Crippen LogP) is 5.78. The Bertz CT molecular complexity index is 1670. The molecule has 60 heavy (non-hydrogen) atoms. The van der Waals surface area contributed by atoms with Crippen LogP contribution in [0.4, 0.5) is 0 Å². The SMILES string of the molecule is C=C(NCCN1CCN(Cc2ccc(Cn3ccc(=C)/c3=C(\N=C(\N)CCC)NCCCCC)c(OC)c2)CC1)C(CC(=O)O)SCC(N)C(=O)O.CCCC.CCCC. The van der Waals surface area contributed by atoms with E-state index in [1.165, 1.54) is 43.0 Å². The third-order valence-electron chi connectivity index (χ3n) is 9.99. The van der Waals surface area contributed by atoms with Crippen LogP contribution in [-0.2, 0) is 22.7 Å². The quantitative estimate of drug-likeness (QED) is 0.0382. The van der Waals surface area contributed by atoms with Gasteiger partial charge in [-0.2, -0.15) is 0 Å². The van der Waals surface area contributed by atoms with Crippen LogP contribution in [-0.4, -0.2) is 112 Å². The first-order chi connectivity index (χ1) is 28.8. The van der Waals surface area contributed by atoms with Crippen molar-refractivity contribution in [3.05, 3.63) is 64.4 Å². The molecule has 1 aromatic carbocycles. The maximum absolute atomic E-state index is 11.4. The van der Waals surface area contributed by atoms with Gasteiger partial charge in [0.05, 0.1) is 30.7 Å². The summed E-state index contributed by atoms with van der Waals surface area (Å²) < 4.78 is 8.05. The molecule has 14 heteroatoms. The normalized spacial score (nSPS) is 14.8. The van der Waals surface area contributed by atoms with Crippen molar-refractivity contribution in [1.29, 1.82) is 0 Å². The Morgan fingerprint density at radius 1 is 0.900 bits per heavy atom. The second-order valence-corrected chi connectivity index (χ2v) is 16.5. The largest absolute Gasteiger partial charge is 0.496 e. The molecule has 1 aliphatic rings. The van der Waals surface area contributed by atoms with E-state index in [4.69, 9.17) is 26.3 Å². The Labute approximate surface area is 365 Å². The van der Waals surface area contributed by atoms with Crippen LogP contribution in [0.3, 0.4) is 0 Å². The molecule has 2 atom stereocenters. The topological polar surface area (TPSA) is 184 Å². The van der Waals surface area contributed by atoms with Crippen LogP contribution in [0.25, 0.3) is 12.4 Å². The Morgan fingerprint density at radius 2 is 1.55 bits per heavy atom. The number of hydrogen-bond acceptors (Lipinski definition) is 10. The van der Waals surface area contributed by atoms with E-state index in [1.54, 1.807) is 7.11 Å². The molecule has 1 fully saturated rings. The number of aliphatic carboxylic acids is 2. The van der Waals surface area contributed by atoms with E-state index < -0.39 is 23.2 Å². The average Bonchev–Trinajstić information content (AvgIpc) is 3.60. The predicted molar refractivity (Wildman–Crippen MR) is 253 cm³/mol. The zero-order chi connectivity index (χ0) is 44.9. The number of hydrogen-bond donors (Lipinski definition) is 6. The van der Waals surface area contributed by atoms with Crippen molar-refractivity contribution < 1.29 is 24.5 Å². The van der Waals surface area contributed by atoms with Crippen molar-refractivity contribution in [3.63, 3.8) is 0 Å². The highest BCUT2D eigenvalue weighted by Gasteiger charge is 2.22. The van der Waals surface area contributed by atoms with E-state index in [0.717, 1.165) is 106 Å². The van der Waals surface area contributed by atoms with E-state index in [-0.39, 0.29) is 12.2 Å². The summed E-state index contributed by atoms with van der Waals surface area (Å²) in [5.74, 6) is 0.228. The molecule has 1 aromatic heterocycles. The number of unbranched alkanes of at least 4 members (excludes halogenated alkanes) is 4. The van der Waals surface area contributed by atoms with Gasteiger partial charge in [-0.3, -0.25) is 19.4 Å². The highest BCUT2D eigenvalue weighted by molar-refractivity contribution is 8.00. The van der Waals surface area contributed by atoms with Gasteiger partial charge in [0.15, 0.2) is 5.82 Å². The van der Waals surface area contributed by atoms with Gasteiger partial charge in [0.25, 0.3) is 0 Å². The summed E-state index contributed by atoms with van der Waals surface area (Å²) in [6, 6.07) is 7.40. The summed E-state index contributed by atoms with van der Waals surface area (Å²) in [6.07, 6.45) is 12.2. The highest BCUT2D eigenvalue weighted by atomic mass is 32.2. The van der Waals surface area contributed by atoms with Crippen molar-refractivity contribution in [3.8, 4) is 5.75 Å². The molecule has 1 saturated heterocycles. The molecule has 1 aliphatic heterocycles. The molecule has 3 rings (SSSR count). The number of aliphatic imine (C=N–C) groups is 1. The second-order valence-electron chi connectivity index (χ2n) is 15.2. The molecule has 0 aliphatic carbocycles. The molecule has 0 saturated carbocycles. The van der Waals surface area contributed by atoms with Crippen molar-refractivity contribution in [1.82, 2.24) is 25.0 Å². The number of nitrogens with zero attached hydrogens (tertiary/aromatic N) is 4. The molecule has 0 radical (unpaired) electrons. The second kappa shape index (κ2) is 31.8. The Balaban J connectivity index is 0.00000206. The fraction of sp³-hybridized carbons (Fsp3) is 0.630. The van der Waals surface area contributed by atoms with Gasteiger partial charge in [0.2, 0.25) is 0 Å². The molecule has 2 unspecified atom stereocenters. The summed E-state index contributed by atoms with van der Waals surface area (Å²) in [4.78, 5) is 32.0. The van der Waals surface area contributed by atoms with E-state index in [0.29, 0.717) is 24.6 Å². The van der Waals surface area contributed by atoms with Gasteiger partial charge in [-0.25, -0.2) is 4.99 Å². The van der Waals surface area contributed by atoms with Crippen LogP contribution in [0.5, 0.6) is 5.75 Å². The third-order valence-corrected chi connectivity index (χ3v) is 11.4. The van der Waals surface area contributed by atoms with Crippen LogP contribution in [0.1, 0.15) is 117 Å². The van der Waals surface area contributed by atoms with Crippen LogP contribution in [0.2, 0.25) is 0 Å². The minimum Gasteiger partial charge on any atom is -0.496 e. The number of nitrogens with one attached hydrogen (secondary N) is 2. The molecule has 0 bridgehead atoms. The van der Waals surface area contributed by atoms with E-state index in [1.807, 2.05) is 12.3 Å². The Morgan fingerprint density at radius 3 is 2.12 bits per heavy atom. The highest BCUT2D eigenvalue weighted by Crippen LogP contribution is 2.23. The average molecular weight is 857 g/mol. The maximum Gasteiger partial charge on any atom is 0.321 e. The molecule has 8 N–H and O–H groups in total. The number of benzene rings is 1. The Kier molecular flexibility index (Phi) is 28.7. The standard InChI is InChI=1S/C38H60N8O5S.2C4H10/c1-6-8-9-14-42-37(43-34(40)10-7-2)36-27(3)13-16-46(36)25-30-12-11-29(22-32(30)51-5)24-45-20-18-44(19-21-45)17-15-41-28(4)33(23-35(47)48)52-26-31(39)38(49)50;2*1-3-4-2/h11-13,16,22,31,33,41-42H,3-4,6-10,14-15,17-21,23-26,39H2,1-2,5H3,(H2,40,43)(H,47,48)(H,49,50);2*3-4H2,1-2H3/b37-36+;;. The molecule has 2 aromatic rings. The maximum atomic E-state index is 11.4. The molecule has 0 amide bonds. The zero-order valence-corrected chi connectivity index (χ0v) is 38.9. The van der Waals surface area contributed by atoms with Crippen molar-refractivity contribution in [2.45, 2.75) is 130 Å². The summed E-state index contributed by atoms with van der Waals surface area (Å²) >= 11 is 1.20. The summed E-state index contributed by atoms with van der Waals surface area (Å²) in [6.45, 7) is 28.6. The zero-order valence-electron chi connectivity index (χ0n) is 38.1. The van der Waals surface area contributed by atoms with Crippen molar-refractivity contribution >= 4 is 41.9 Å². The summed E-state index contributed by atoms with van der Waals surface area (Å²) in [5, 5.41) is 26.5. The van der Waals surface area contributed by atoms with Crippen LogP contribution in [0, 0.1) is 0 Å². The molecule has 340 valence electrons. The number of piperazine rings is 1. The van der Waals surface area contributed by atoms with E-state index >= 15 is 0 Å². The first-order valence-electron chi connectivity index (χ1n) is 22.1. The lowest BCUT2D eigenvalue weighted by Gasteiger charge is -2.35. The lowest BCUT2D eigenvalue weighted by atomic mass is 10.1. The molecular weight excluding hydrogens is 777 g/mol. The van der Waals surface area contributed by atoms with Gasteiger partial charge in [-0.05, 0) is 35.8 Å². The van der Waals surface area contributed by atoms with Crippen LogP contribution < -0.4 is 37.4 Å². The fourth-order valence-electron chi connectivity index (χ4n) is 6.00. The number of ether oxygens (including phenoxy) is 1. The van der Waals surface area contributed by atoms with Gasteiger partial charge in [0.1, 0.15) is 17.6 Å². The lowest BCUT2D eigenvalue weighted by molar-refractivity contribution is -0.138. The van der Waals surface area contributed by atoms with Crippen LogP contribution >= 0.6 is 11.8 Å². The number of thioether (sulfide) groups is 1. The molecule has 13 nitrogen and oxygen atoms in total. The monoisotopic (exact) mass is 857 g/mol. The minimum absolute atomic E-state index is 0.108. The summed E-state index contributed by atoms with van der Waals surface area (Å²) in [5.41, 5.74) is 14.7.